The summed E-state index contributed by atoms with van der Waals surface area (Å²) in [7, 11) is 0. The van der Waals surface area contributed by atoms with E-state index in [4.69, 9.17) is 10.7 Å². The van der Waals surface area contributed by atoms with Crippen LogP contribution in [0, 0.1) is 0 Å². The van der Waals surface area contributed by atoms with Crippen LogP contribution in [0.15, 0.2) is 36.5 Å². The molecule has 6 nitrogen and oxygen atoms in total. The highest BCUT2D eigenvalue weighted by Gasteiger charge is 2.24. The van der Waals surface area contributed by atoms with Crippen LogP contribution in [-0.2, 0) is 19.5 Å². The van der Waals surface area contributed by atoms with Crippen molar-refractivity contribution in [3.05, 3.63) is 53.3 Å². The number of piperidine rings is 1. The Balaban J connectivity index is 1.40. The molecule has 1 fully saturated rings. The highest BCUT2D eigenvalue weighted by atomic mass is 15.3. The Labute approximate surface area is 165 Å². The molecule has 1 aromatic carbocycles. The van der Waals surface area contributed by atoms with Gasteiger partial charge in [-0.3, -0.25) is 9.88 Å². The average Bonchev–Trinajstić information content (AvgIpc) is 2.74. The van der Waals surface area contributed by atoms with E-state index in [1.807, 2.05) is 12.3 Å². The number of benzene rings is 1. The van der Waals surface area contributed by atoms with Gasteiger partial charge in [-0.15, -0.1) is 0 Å². The van der Waals surface area contributed by atoms with Gasteiger partial charge in [-0.25, -0.2) is 4.98 Å². The van der Waals surface area contributed by atoms with Crippen molar-refractivity contribution in [2.45, 2.75) is 38.8 Å². The minimum atomic E-state index is 0.664. The van der Waals surface area contributed by atoms with E-state index in [-0.39, 0.29) is 0 Å². The van der Waals surface area contributed by atoms with E-state index in [1.165, 1.54) is 30.2 Å². The van der Waals surface area contributed by atoms with Crippen LogP contribution in [0.2, 0.25) is 0 Å². The molecule has 2 aliphatic rings. The van der Waals surface area contributed by atoms with Gasteiger partial charge in [-0.1, -0.05) is 24.3 Å². The van der Waals surface area contributed by atoms with E-state index >= 15 is 0 Å². The first-order valence-electron chi connectivity index (χ1n) is 10.2. The Kier molecular flexibility index (Phi) is 4.56. The van der Waals surface area contributed by atoms with Gasteiger partial charge < -0.3 is 10.6 Å². The van der Waals surface area contributed by atoms with Crippen molar-refractivity contribution in [1.29, 1.82) is 0 Å². The summed E-state index contributed by atoms with van der Waals surface area (Å²) in [6.07, 6.45) is 6.49. The number of hydrogen-bond donors (Lipinski definition) is 1. The Morgan fingerprint density at radius 3 is 2.71 bits per heavy atom. The van der Waals surface area contributed by atoms with E-state index in [0.717, 1.165) is 61.9 Å². The van der Waals surface area contributed by atoms with Crippen molar-refractivity contribution in [1.82, 2.24) is 19.9 Å². The molecule has 0 saturated carbocycles. The van der Waals surface area contributed by atoms with Crippen LogP contribution in [-0.4, -0.2) is 39.5 Å². The van der Waals surface area contributed by atoms with Gasteiger partial charge in [0.2, 0.25) is 5.95 Å². The Hall–Kier alpha value is -2.73. The summed E-state index contributed by atoms with van der Waals surface area (Å²) in [5, 5.41) is 1.19. The zero-order valence-electron chi connectivity index (χ0n) is 16.1. The fraction of sp³-hybridized carbons (Fsp3) is 0.409. The van der Waals surface area contributed by atoms with Gasteiger partial charge in [0, 0.05) is 49.9 Å². The summed E-state index contributed by atoms with van der Waals surface area (Å²) in [5.74, 6) is 1.47. The third-order valence-electron chi connectivity index (χ3n) is 5.91. The molecular formula is C22H26N6. The fourth-order valence-electron chi connectivity index (χ4n) is 4.41. The molecule has 0 unspecified atom stereocenters. The standard InChI is InChI=1S/C22H26N6/c23-21-18-9-13-27(14-17-7-4-6-16-8-5-10-24-20(16)17)15-19(18)25-22(26-21)28-11-2-1-3-12-28/h4-8,10H,1-3,9,11-15H2,(H2,23,25,26). The second-order valence-electron chi connectivity index (χ2n) is 7.83. The first-order chi connectivity index (χ1) is 13.8. The third-order valence-corrected chi connectivity index (χ3v) is 5.91. The zero-order valence-corrected chi connectivity index (χ0v) is 16.1. The van der Waals surface area contributed by atoms with Gasteiger partial charge in [0.05, 0.1) is 11.2 Å². The van der Waals surface area contributed by atoms with Crippen LogP contribution in [0.25, 0.3) is 10.9 Å². The number of para-hydroxylation sites is 1. The van der Waals surface area contributed by atoms with Crippen LogP contribution >= 0.6 is 0 Å². The van der Waals surface area contributed by atoms with Gasteiger partial charge in [0.25, 0.3) is 0 Å². The topological polar surface area (TPSA) is 71.2 Å². The number of pyridine rings is 1. The van der Waals surface area contributed by atoms with E-state index in [0.29, 0.717) is 5.82 Å². The molecule has 0 amide bonds. The van der Waals surface area contributed by atoms with Gasteiger partial charge in [0.15, 0.2) is 0 Å². The van der Waals surface area contributed by atoms with Crippen LogP contribution in [0.3, 0.4) is 0 Å². The molecule has 0 aliphatic carbocycles. The van der Waals surface area contributed by atoms with Crippen molar-refractivity contribution in [3.63, 3.8) is 0 Å². The fourth-order valence-corrected chi connectivity index (χ4v) is 4.41. The zero-order chi connectivity index (χ0) is 18.9. The molecule has 5 rings (SSSR count). The summed E-state index contributed by atoms with van der Waals surface area (Å²) in [6.45, 7) is 4.71. The Morgan fingerprint density at radius 1 is 0.964 bits per heavy atom. The molecule has 2 aliphatic heterocycles. The molecular weight excluding hydrogens is 348 g/mol. The van der Waals surface area contributed by atoms with E-state index < -0.39 is 0 Å². The number of anilines is 2. The maximum absolute atomic E-state index is 6.31. The van der Waals surface area contributed by atoms with Gasteiger partial charge in [0.1, 0.15) is 5.82 Å². The number of nitrogens with zero attached hydrogens (tertiary/aromatic N) is 5. The molecule has 0 radical (unpaired) electrons. The van der Waals surface area contributed by atoms with Crippen molar-refractivity contribution in [2.24, 2.45) is 0 Å². The predicted molar refractivity (Wildman–Crippen MR) is 112 cm³/mol. The highest BCUT2D eigenvalue weighted by molar-refractivity contribution is 5.81. The predicted octanol–water partition coefficient (Wildman–Crippen LogP) is 3.16. The lowest BCUT2D eigenvalue weighted by molar-refractivity contribution is 0.242. The number of nitrogens with two attached hydrogens (primary N) is 1. The number of nitrogen functional groups attached to an aromatic ring is 1. The van der Waals surface area contributed by atoms with Crippen LogP contribution in [0.1, 0.15) is 36.1 Å². The van der Waals surface area contributed by atoms with Crippen molar-refractivity contribution in [3.8, 4) is 0 Å². The summed E-state index contributed by atoms with van der Waals surface area (Å²) in [5.41, 5.74) is 10.9. The molecule has 144 valence electrons. The molecule has 1 saturated heterocycles. The van der Waals surface area contributed by atoms with Gasteiger partial charge in [-0.05, 0) is 37.3 Å². The van der Waals surface area contributed by atoms with E-state index in [1.54, 1.807) is 0 Å². The monoisotopic (exact) mass is 374 g/mol. The first-order valence-corrected chi connectivity index (χ1v) is 10.2. The normalized spacial score (nSPS) is 17.6. The largest absolute Gasteiger partial charge is 0.383 e. The van der Waals surface area contributed by atoms with E-state index in [2.05, 4.69) is 44.0 Å². The van der Waals surface area contributed by atoms with Crippen molar-refractivity contribution in [2.75, 3.05) is 30.3 Å². The molecule has 2 N–H and O–H groups in total. The summed E-state index contributed by atoms with van der Waals surface area (Å²) in [6, 6.07) is 10.5. The first kappa shape index (κ1) is 17.4. The number of hydrogen-bond acceptors (Lipinski definition) is 6. The maximum Gasteiger partial charge on any atom is 0.227 e. The second-order valence-corrected chi connectivity index (χ2v) is 7.83. The molecule has 2 aromatic heterocycles. The lowest BCUT2D eigenvalue weighted by Crippen LogP contribution is -2.35. The SMILES string of the molecule is Nc1nc(N2CCCCC2)nc2c1CCN(Cc1cccc3cccnc13)C2. The van der Waals surface area contributed by atoms with Crippen molar-refractivity contribution >= 4 is 22.7 Å². The third kappa shape index (κ3) is 3.29. The number of aromatic nitrogens is 3. The minimum absolute atomic E-state index is 0.664. The second kappa shape index (κ2) is 7.36. The smallest absolute Gasteiger partial charge is 0.227 e. The molecule has 28 heavy (non-hydrogen) atoms. The minimum Gasteiger partial charge on any atom is -0.383 e. The van der Waals surface area contributed by atoms with Crippen LogP contribution in [0.5, 0.6) is 0 Å². The summed E-state index contributed by atoms with van der Waals surface area (Å²) < 4.78 is 0. The lowest BCUT2D eigenvalue weighted by atomic mass is 10.0. The molecule has 3 aromatic rings. The molecule has 0 atom stereocenters. The van der Waals surface area contributed by atoms with Gasteiger partial charge in [-0.2, -0.15) is 4.98 Å². The van der Waals surface area contributed by atoms with Crippen LogP contribution < -0.4 is 10.6 Å². The Morgan fingerprint density at radius 2 is 1.82 bits per heavy atom. The molecule has 6 heteroatoms. The van der Waals surface area contributed by atoms with Crippen LogP contribution in [0.4, 0.5) is 11.8 Å². The summed E-state index contributed by atoms with van der Waals surface area (Å²) in [4.78, 5) is 18.9. The van der Waals surface area contributed by atoms with E-state index in [9.17, 15) is 0 Å². The highest BCUT2D eigenvalue weighted by Crippen LogP contribution is 2.27. The Bertz CT molecular complexity index is 990. The summed E-state index contributed by atoms with van der Waals surface area (Å²) >= 11 is 0. The maximum atomic E-state index is 6.31. The number of fused-ring (bicyclic) bond motifs is 2. The average molecular weight is 374 g/mol. The number of rotatable bonds is 3. The molecule has 0 spiro atoms. The van der Waals surface area contributed by atoms with Gasteiger partial charge >= 0.3 is 0 Å². The quantitative estimate of drug-likeness (QED) is 0.759. The molecule has 0 bridgehead atoms. The lowest BCUT2D eigenvalue weighted by Gasteiger charge is -2.31. The van der Waals surface area contributed by atoms with Crippen molar-refractivity contribution < 1.29 is 0 Å². The molecule has 4 heterocycles.